The minimum atomic E-state index is -0.415. The molecule has 2 atom stereocenters. The minimum absolute atomic E-state index is 0.146. The highest BCUT2D eigenvalue weighted by atomic mass is 32.1. The maximum absolute atomic E-state index is 14.4. The monoisotopic (exact) mass is 445 g/mol. The molecule has 0 aliphatic carbocycles. The molecule has 0 radical (unpaired) electrons. The van der Waals surface area contributed by atoms with Crippen LogP contribution in [0.4, 0.5) is 15.8 Å². The first-order chi connectivity index (χ1) is 15.1. The zero-order valence-corrected chi connectivity index (χ0v) is 18.5. The number of rotatable bonds is 9. The third kappa shape index (κ3) is 5.50. The van der Waals surface area contributed by atoms with Gasteiger partial charge in [-0.2, -0.15) is 0 Å². The van der Waals surface area contributed by atoms with Crippen LogP contribution in [0.5, 0.6) is 5.75 Å². The van der Waals surface area contributed by atoms with Crippen molar-refractivity contribution < 1.29 is 18.7 Å². The van der Waals surface area contributed by atoms with E-state index >= 15 is 0 Å². The lowest BCUT2D eigenvalue weighted by Crippen LogP contribution is -2.25. The molecule has 31 heavy (non-hydrogen) atoms. The van der Waals surface area contributed by atoms with E-state index in [4.69, 9.17) is 9.47 Å². The van der Waals surface area contributed by atoms with Crippen LogP contribution in [0.3, 0.4) is 0 Å². The number of carbonyl (C=O) groups excluding carboxylic acids is 1. The number of hydrogen-bond donors (Lipinski definition) is 1. The number of halogens is 1. The van der Waals surface area contributed by atoms with Gasteiger partial charge in [0.15, 0.2) is 17.9 Å². The average molecular weight is 446 g/mol. The number of ether oxygens (including phenoxy) is 2. The molecule has 4 rings (SSSR count). The number of aliphatic imine (C=N–C) groups is 1. The van der Waals surface area contributed by atoms with Crippen LogP contribution in [0, 0.1) is 5.82 Å². The molecule has 2 fully saturated rings. The highest BCUT2D eigenvalue weighted by Crippen LogP contribution is 2.39. The summed E-state index contributed by atoms with van der Waals surface area (Å²) in [5, 5.41) is 2.97. The topological polar surface area (TPSA) is 63.2 Å². The van der Waals surface area contributed by atoms with Crippen molar-refractivity contribution in [1.82, 2.24) is 4.90 Å². The zero-order chi connectivity index (χ0) is 21.6. The predicted molar refractivity (Wildman–Crippen MR) is 122 cm³/mol. The predicted octanol–water partition coefficient (Wildman–Crippen LogP) is 4.84. The Labute approximate surface area is 186 Å². The van der Waals surface area contributed by atoms with Crippen molar-refractivity contribution in [2.24, 2.45) is 4.99 Å². The SMILES string of the molecule is CC1OCCC1c1cc(/N=C\Nc2ccc(OCCN3CCCC3)c(F)c2)c(C=O)s1. The lowest BCUT2D eigenvalue weighted by atomic mass is 10.0. The van der Waals surface area contributed by atoms with Gasteiger partial charge in [-0.15, -0.1) is 11.3 Å². The fourth-order valence-corrected chi connectivity index (χ4v) is 5.21. The van der Waals surface area contributed by atoms with Crippen molar-refractivity contribution in [2.75, 3.05) is 38.2 Å². The molecule has 0 saturated carbocycles. The van der Waals surface area contributed by atoms with Crippen molar-refractivity contribution in [3.8, 4) is 5.75 Å². The van der Waals surface area contributed by atoms with E-state index in [0.717, 1.165) is 43.8 Å². The zero-order valence-electron chi connectivity index (χ0n) is 17.7. The number of carbonyl (C=O) groups is 1. The molecule has 1 N–H and O–H groups in total. The van der Waals surface area contributed by atoms with Crippen molar-refractivity contribution in [1.29, 1.82) is 0 Å². The summed E-state index contributed by atoms with van der Waals surface area (Å²) < 4.78 is 25.6. The Morgan fingerprint density at radius 3 is 2.90 bits per heavy atom. The summed E-state index contributed by atoms with van der Waals surface area (Å²) >= 11 is 1.46. The molecule has 2 aliphatic heterocycles. The molecule has 0 spiro atoms. The minimum Gasteiger partial charge on any atom is -0.489 e. The fourth-order valence-electron chi connectivity index (χ4n) is 4.06. The first-order valence-electron chi connectivity index (χ1n) is 10.8. The van der Waals surface area contributed by atoms with Crippen LogP contribution in [0.1, 0.15) is 46.7 Å². The van der Waals surface area contributed by atoms with E-state index in [0.29, 0.717) is 28.8 Å². The summed E-state index contributed by atoms with van der Waals surface area (Å²) in [6, 6.07) is 6.70. The van der Waals surface area contributed by atoms with Gasteiger partial charge in [0.05, 0.1) is 23.0 Å². The highest BCUT2D eigenvalue weighted by molar-refractivity contribution is 7.14. The van der Waals surface area contributed by atoms with E-state index in [1.54, 1.807) is 12.1 Å². The second-order valence-corrected chi connectivity index (χ2v) is 9.05. The van der Waals surface area contributed by atoms with E-state index in [-0.39, 0.29) is 11.9 Å². The number of nitrogens with zero attached hydrogens (tertiary/aromatic N) is 2. The maximum Gasteiger partial charge on any atom is 0.167 e. The largest absolute Gasteiger partial charge is 0.489 e. The first kappa shape index (κ1) is 21.9. The Morgan fingerprint density at radius 2 is 2.19 bits per heavy atom. The van der Waals surface area contributed by atoms with Crippen LogP contribution < -0.4 is 10.1 Å². The van der Waals surface area contributed by atoms with Gasteiger partial charge in [0.25, 0.3) is 0 Å². The molecule has 2 unspecified atom stereocenters. The number of aldehydes is 1. The molecule has 1 aromatic heterocycles. The van der Waals surface area contributed by atoms with Gasteiger partial charge in [0.2, 0.25) is 0 Å². The number of hydrogen-bond acceptors (Lipinski definition) is 6. The van der Waals surface area contributed by atoms with Crippen LogP contribution in [-0.4, -0.2) is 56.5 Å². The number of anilines is 1. The molecule has 0 amide bonds. The summed E-state index contributed by atoms with van der Waals surface area (Å²) in [4.78, 5) is 19.8. The third-order valence-electron chi connectivity index (χ3n) is 5.84. The molecular weight excluding hydrogens is 417 g/mol. The van der Waals surface area contributed by atoms with Crippen molar-refractivity contribution >= 4 is 35.3 Å². The Morgan fingerprint density at radius 1 is 1.35 bits per heavy atom. The van der Waals surface area contributed by atoms with Gasteiger partial charge < -0.3 is 14.8 Å². The van der Waals surface area contributed by atoms with Gasteiger partial charge in [-0.1, -0.05) is 0 Å². The summed E-state index contributed by atoms with van der Waals surface area (Å²) in [6.07, 6.45) is 5.86. The van der Waals surface area contributed by atoms with Gasteiger partial charge in [0.1, 0.15) is 6.61 Å². The summed E-state index contributed by atoms with van der Waals surface area (Å²) in [7, 11) is 0. The van der Waals surface area contributed by atoms with Gasteiger partial charge in [-0.25, -0.2) is 9.38 Å². The van der Waals surface area contributed by atoms with Crippen molar-refractivity contribution in [3.05, 3.63) is 39.8 Å². The second-order valence-electron chi connectivity index (χ2n) is 7.93. The Bertz CT molecular complexity index is 927. The number of nitrogens with one attached hydrogen (secondary N) is 1. The maximum atomic E-state index is 14.4. The Kier molecular flexibility index (Phi) is 7.32. The van der Waals surface area contributed by atoms with E-state index in [1.807, 2.05) is 6.07 Å². The van der Waals surface area contributed by atoms with E-state index in [1.165, 1.54) is 36.6 Å². The fraction of sp³-hybridized carbons (Fsp3) is 0.478. The van der Waals surface area contributed by atoms with Gasteiger partial charge in [-0.05, 0) is 57.5 Å². The Hall–Kier alpha value is -2.29. The van der Waals surface area contributed by atoms with Crippen LogP contribution in [0.25, 0.3) is 0 Å². The number of thiophene rings is 1. The van der Waals surface area contributed by atoms with Crippen molar-refractivity contribution in [2.45, 2.75) is 38.2 Å². The molecule has 1 aromatic carbocycles. The van der Waals surface area contributed by atoms with E-state index < -0.39 is 5.82 Å². The average Bonchev–Trinajstić information content (AvgIpc) is 3.50. The standard InChI is InChI=1S/C23H28FN3O3S/c1-16-18(6-10-29-16)22-13-20(23(14-28)31-22)26-15-25-17-4-5-21(19(24)12-17)30-11-9-27-7-2-3-8-27/h4-5,12-16,18H,2-3,6-11H2,1H3,(H,25,26). The molecule has 2 saturated heterocycles. The molecule has 8 heteroatoms. The smallest absolute Gasteiger partial charge is 0.167 e. The van der Waals surface area contributed by atoms with Crippen LogP contribution in [0.15, 0.2) is 29.3 Å². The lowest BCUT2D eigenvalue weighted by Gasteiger charge is -2.15. The molecule has 2 aromatic rings. The summed E-state index contributed by atoms with van der Waals surface area (Å²) in [6.45, 7) is 6.28. The van der Waals surface area contributed by atoms with Crippen molar-refractivity contribution in [3.63, 3.8) is 0 Å². The summed E-state index contributed by atoms with van der Waals surface area (Å²) in [5.74, 6) is 0.134. The van der Waals surface area contributed by atoms with E-state index in [9.17, 15) is 9.18 Å². The number of benzene rings is 1. The van der Waals surface area contributed by atoms with E-state index in [2.05, 4.69) is 22.1 Å². The second kappa shape index (κ2) is 10.3. The normalized spacial score (nSPS) is 21.7. The van der Waals surface area contributed by atoms with Gasteiger partial charge in [0, 0.05) is 35.7 Å². The molecule has 2 aliphatic rings. The molecule has 0 bridgehead atoms. The molecular formula is C23H28FN3O3S. The Balaban J connectivity index is 1.33. The van der Waals surface area contributed by atoms with Gasteiger partial charge in [-0.3, -0.25) is 9.69 Å². The number of likely N-dealkylation sites (tertiary alicyclic amines) is 1. The molecule has 3 heterocycles. The molecule has 166 valence electrons. The highest BCUT2D eigenvalue weighted by Gasteiger charge is 2.28. The van der Waals surface area contributed by atoms with Crippen LogP contribution in [-0.2, 0) is 4.74 Å². The third-order valence-corrected chi connectivity index (χ3v) is 7.02. The van der Waals surface area contributed by atoms with Gasteiger partial charge >= 0.3 is 0 Å². The molecule has 6 nitrogen and oxygen atoms in total. The quantitative estimate of drug-likeness (QED) is 0.340. The summed E-state index contributed by atoms with van der Waals surface area (Å²) in [5.41, 5.74) is 1.18. The van der Waals surface area contributed by atoms with Crippen LogP contribution >= 0.6 is 11.3 Å². The lowest BCUT2D eigenvalue weighted by molar-refractivity contribution is 0.112. The van der Waals surface area contributed by atoms with Crippen LogP contribution in [0.2, 0.25) is 0 Å². The first-order valence-corrected chi connectivity index (χ1v) is 11.6.